The van der Waals surface area contributed by atoms with Crippen molar-refractivity contribution in [3.63, 3.8) is 0 Å². The molecule has 4 fully saturated rings. The van der Waals surface area contributed by atoms with Crippen molar-refractivity contribution in [3.8, 4) is 0 Å². The summed E-state index contributed by atoms with van der Waals surface area (Å²) in [6, 6.07) is 0. The van der Waals surface area contributed by atoms with E-state index in [0.29, 0.717) is 28.6 Å². The summed E-state index contributed by atoms with van der Waals surface area (Å²) in [7, 11) is 0. The highest BCUT2D eigenvalue weighted by atomic mass is 16.3. The summed E-state index contributed by atoms with van der Waals surface area (Å²) in [5.74, 6) is 3.32. The molecule has 0 saturated heterocycles. The van der Waals surface area contributed by atoms with Crippen LogP contribution in [0.15, 0.2) is 0 Å². The maximum Gasteiger partial charge on any atom is 0.0577 e. The van der Waals surface area contributed by atoms with Crippen molar-refractivity contribution < 1.29 is 10.2 Å². The van der Waals surface area contributed by atoms with Crippen molar-refractivity contribution in [1.82, 2.24) is 0 Å². The molecule has 2 nitrogen and oxygen atoms in total. The Labute approximate surface area is 135 Å². The van der Waals surface area contributed by atoms with Crippen LogP contribution in [-0.4, -0.2) is 22.4 Å². The molecule has 2 heteroatoms. The Balaban J connectivity index is 1.67. The number of rotatable bonds is 0. The average Bonchev–Trinajstić information content (AvgIpc) is 2.77. The molecule has 0 heterocycles. The largest absolute Gasteiger partial charge is 0.393 e. The van der Waals surface area contributed by atoms with Crippen molar-refractivity contribution in [3.05, 3.63) is 0 Å². The summed E-state index contributed by atoms with van der Waals surface area (Å²) in [4.78, 5) is 0. The number of aliphatic hydroxyl groups excluding tert-OH is 2. The monoisotopic (exact) mass is 306 g/mol. The molecule has 4 aliphatic carbocycles. The second-order valence-electron chi connectivity index (χ2n) is 9.75. The van der Waals surface area contributed by atoms with E-state index in [1.807, 2.05) is 0 Å². The molecule has 4 aliphatic rings. The third kappa shape index (κ3) is 1.92. The predicted octanol–water partition coefficient (Wildman–Crippen LogP) is 4.00. The van der Waals surface area contributed by atoms with E-state index in [0.717, 1.165) is 31.1 Å². The summed E-state index contributed by atoms with van der Waals surface area (Å²) in [6.45, 7) is 7.45. The van der Waals surface area contributed by atoms with Crippen molar-refractivity contribution in [2.24, 2.45) is 40.4 Å². The van der Waals surface area contributed by atoms with Crippen molar-refractivity contribution >= 4 is 0 Å². The van der Waals surface area contributed by atoms with E-state index in [-0.39, 0.29) is 12.2 Å². The zero-order valence-electron chi connectivity index (χ0n) is 14.6. The van der Waals surface area contributed by atoms with Gasteiger partial charge < -0.3 is 10.2 Å². The Hall–Kier alpha value is -0.0800. The van der Waals surface area contributed by atoms with Gasteiger partial charge in [0.05, 0.1) is 12.2 Å². The van der Waals surface area contributed by atoms with E-state index in [1.165, 1.54) is 32.1 Å². The molecule has 2 N–H and O–H groups in total. The van der Waals surface area contributed by atoms with Crippen LogP contribution in [0.3, 0.4) is 0 Å². The van der Waals surface area contributed by atoms with E-state index < -0.39 is 0 Å². The highest BCUT2D eigenvalue weighted by Gasteiger charge is 2.61. The quantitative estimate of drug-likeness (QED) is 0.710. The standard InChI is InChI=1S/C20H34O2/c1-12-4-5-15-18-16(7-9-19(12,15)2)20(3)8-6-14(21)10-13(20)11-17(18)22/h12-18,21-22H,4-11H2,1-3H3/t12-,13?,14-,15?,16?,17-,18?,19+,20-/m0/s1. The maximum atomic E-state index is 11.0. The van der Waals surface area contributed by atoms with Gasteiger partial charge in [-0.05, 0) is 91.8 Å². The summed E-state index contributed by atoms with van der Waals surface area (Å²) < 4.78 is 0. The SMILES string of the molecule is C[C@H]1CCC2C3C(CC[C@@]21C)[C@@]1(C)CC[C@H](O)CC1C[C@@H]3O. The average molecular weight is 306 g/mol. The summed E-state index contributed by atoms with van der Waals surface area (Å²) >= 11 is 0. The number of hydrogen-bond donors (Lipinski definition) is 2. The maximum absolute atomic E-state index is 11.0. The topological polar surface area (TPSA) is 40.5 Å². The fourth-order valence-corrected chi connectivity index (χ4v) is 7.46. The van der Waals surface area contributed by atoms with Crippen LogP contribution in [0.1, 0.15) is 72.1 Å². The van der Waals surface area contributed by atoms with Crippen molar-refractivity contribution in [2.45, 2.75) is 84.3 Å². The second-order valence-corrected chi connectivity index (χ2v) is 9.75. The van der Waals surface area contributed by atoms with Crippen LogP contribution in [0.25, 0.3) is 0 Å². The molecule has 0 aromatic heterocycles. The minimum Gasteiger partial charge on any atom is -0.393 e. The lowest BCUT2D eigenvalue weighted by Crippen LogP contribution is -2.58. The first-order chi connectivity index (χ1) is 10.4. The van der Waals surface area contributed by atoms with E-state index >= 15 is 0 Å². The first-order valence-electron chi connectivity index (χ1n) is 9.72. The highest BCUT2D eigenvalue weighted by molar-refractivity contribution is 5.10. The van der Waals surface area contributed by atoms with Crippen LogP contribution in [0.5, 0.6) is 0 Å². The molecular formula is C20H34O2. The van der Waals surface area contributed by atoms with E-state index in [4.69, 9.17) is 0 Å². The Kier molecular flexibility index (Phi) is 3.48. The van der Waals surface area contributed by atoms with Crippen LogP contribution in [0, 0.1) is 40.4 Å². The van der Waals surface area contributed by atoms with Gasteiger partial charge in [-0.2, -0.15) is 0 Å². The Morgan fingerprint density at radius 3 is 2.27 bits per heavy atom. The van der Waals surface area contributed by atoms with E-state index in [1.54, 1.807) is 0 Å². The van der Waals surface area contributed by atoms with E-state index in [2.05, 4.69) is 20.8 Å². The fraction of sp³-hybridized carbons (Fsp3) is 1.00. The third-order valence-electron chi connectivity index (χ3n) is 9.13. The van der Waals surface area contributed by atoms with Crippen LogP contribution in [0.2, 0.25) is 0 Å². The minimum atomic E-state index is -0.123. The summed E-state index contributed by atoms with van der Waals surface area (Å²) in [6.07, 6.45) is 9.13. The molecule has 4 saturated carbocycles. The van der Waals surface area contributed by atoms with E-state index in [9.17, 15) is 10.2 Å². The van der Waals surface area contributed by atoms with Gasteiger partial charge in [-0.25, -0.2) is 0 Å². The van der Waals surface area contributed by atoms with Gasteiger partial charge in [0.15, 0.2) is 0 Å². The molecule has 9 atom stereocenters. The number of hydrogen-bond acceptors (Lipinski definition) is 2. The van der Waals surface area contributed by atoms with Crippen LogP contribution >= 0.6 is 0 Å². The first kappa shape index (κ1) is 15.4. The smallest absolute Gasteiger partial charge is 0.0577 e. The second kappa shape index (κ2) is 4.96. The normalized spacial score (nSPS) is 61.2. The fourth-order valence-electron chi connectivity index (χ4n) is 7.46. The molecule has 0 aliphatic heterocycles. The van der Waals surface area contributed by atoms with Gasteiger partial charge in [0, 0.05) is 0 Å². The molecular weight excluding hydrogens is 272 g/mol. The third-order valence-corrected chi connectivity index (χ3v) is 9.13. The molecule has 4 rings (SSSR count). The predicted molar refractivity (Wildman–Crippen MR) is 88.3 cm³/mol. The molecule has 0 radical (unpaired) electrons. The minimum absolute atomic E-state index is 0.122. The zero-order valence-corrected chi connectivity index (χ0v) is 14.6. The lowest BCUT2D eigenvalue weighted by Gasteiger charge is -2.62. The summed E-state index contributed by atoms with van der Waals surface area (Å²) in [5.41, 5.74) is 0.843. The number of aliphatic hydroxyl groups is 2. The zero-order chi connectivity index (χ0) is 15.7. The lowest BCUT2D eigenvalue weighted by molar-refractivity contribution is -0.171. The molecule has 0 spiro atoms. The Morgan fingerprint density at radius 2 is 1.50 bits per heavy atom. The van der Waals surface area contributed by atoms with Gasteiger partial charge in [0.2, 0.25) is 0 Å². The molecule has 22 heavy (non-hydrogen) atoms. The molecule has 4 unspecified atom stereocenters. The van der Waals surface area contributed by atoms with Crippen LogP contribution in [-0.2, 0) is 0 Å². The molecule has 0 amide bonds. The summed E-state index contributed by atoms with van der Waals surface area (Å²) in [5, 5.41) is 21.1. The van der Waals surface area contributed by atoms with Gasteiger partial charge in [0.1, 0.15) is 0 Å². The van der Waals surface area contributed by atoms with Gasteiger partial charge in [-0.1, -0.05) is 20.8 Å². The molecule has 0 bridgehead atoms. The first-order valence-corrected chi connectivity index (χ1v) is 9.72. The lowest BCUT2D eigenvalue weighted by atomic mass is 9.44. The molecule has 0 aromatic rings. The van der Waals surface area contributed by atoms with Crippen molar-refractivity contribution in [1.29, 1.82) is 0 Å². The van der Waals surface area contributed by atoms with Gasteiger partial charge in [0.25, 0.3) is 0 Å². The van der Waals surface area contributed by atoms with Crippen molar-refractivity contribution in [2.75, 3.05) is 0 Å². The van der Waals surface area contributed by atoms with Crippen LogP contribution in [0.4, 0.5) is 0 Å². The Morgan fingerprint density at radius 1 is 0.818 bits per heavy atom. The molecule has 126 valence electrons. The van der Waals surface area contributed by atoms with Crippen LogP contribution < -0.4 is 0 Å². The highest BCUT2D eigenvalue weighted by Crippen LogP contribution is 2.67. The Bertz CT molecular complexity index is 449. The van der Waals surface area contributed by atoms with Gasteiger partial charge in [-0.15, -0.1) is 0 Å². The van der Waals surface area contributed by atoms with Gasteiger partial charge in [-0.3, -0.25) is 0 Å². The molecule has 0 aromatic carbocycles. The number of fused-ring (bicyclic) bond motifs is 5. The van der Waals surface area contributed by atoms with Gasteiger partial charge >= 0.3 is 0 Å².